The van der Waals surface area contributed by atoms with E-state index in [1.807, 2.05) is 47.2 Å². The zero-order valence-corrected chi connectivity index (χ0v) is 14.9. The summed E-state index contributed by atoms with van der Waals surface area (Å²) in [6.45, 7) is 0. The number of carboxylic acids is 1. The quantitative estimate of drug-likeness (QED) is 0.672. The van der Waals surface area contributed by atoms with Gasteiger partial charge in [-0.15, -0.1) is 0 Å². The van der Waals surface area contributed by atoms with E-state index in [2.05, 4.69) is 5.32 Å². The van der Waals surface area contributed by atoms with Crippen LogP contribution in [0.3, 0.4) is 0 Å². The van der Waals surface area contributed by atoms with Gasteiger partial charge in [-0.3, -0.25) is 9.59 Å². The molecule has 1 fully saturated rings. The monoisotopic (exact) mass is 373 g/mol. The van der Waals surface area contributed by atoms with Crippen molar-refractivity contribution < 1.29 is 24.4 Å². The fourth-order valence-electron chi connectivity index (χ4n) is 3.29. The van der Waals surface area contributed by atoms with Gasteiger partial charge in [-0.2, -0.15) is 11.3 Å². The Balaban J connectivity index is 1.71. The molecule has 0 aliphatic carbocycles. The first-order valence-corrected chi connectivity index (χ1v) is 9.38. The van der Waals surface area contributed by atoms with Gasteiger partial charge in [0.25, 0.3) is 0 Å². The van der Waals surface area contributed by atoms with Gasteiger partial charge < -0.3 is 20.1 Å². The normalized spacial score (nSPS) is 22.8. The van der Waals surface area contributed by atoms with E-state index < -0.39 is 25.1 Å². The third-order valence-corrected chi connectivity index (χ3v) is 5.24. The van der Waals surface area contributed by atoms with E-state index >= 15 is 0 Å². The summed E-state index contributed by atoms with van der Waals surface area (Å²) >= 11 is 1.52. The molecule has 8 heteroatoms. The lowest BCUT2D eigenvalue weighted by Gasteiger charge is -2.37. The van der Waals surface area contributed by atoms with Crippen molar-refractivity contribution in [3.05, 3.63) is 58.3 Å². The van der Waals surface area contributed by atoms with Gasteiger partial charge in [0.1, 0.15) is 0 Å². The van der Waals surface area contributed by atoms with Crippen LogP contribution in [0.5, 0.6) is 0 Å². The largest absolute Gasteiger partial charge is 0.481 e. The van der Waals surface area contributed by atoms with Crippen molar-refractivity contribution in [2.75, 3.05) is 0 Å². The van der Waals surface area contributed by atoms with Crippen molar-refractivity contribution in [1.29, 1.82) is 0 Å². The molecule has 0 bridgehead atoms. The summed E-state index contributed by atoms with van der Waals surface area (Å²) in [5.41, 5.74) is 1.85. The number of aliphatic carboxylic acids is 1. The highest BCUT2D eigenvalue weighted by atomic mass is 32.1. The van der Waals surface area contributed by atoms with E-state index in [1.54, 1.807) is 0 Å². The van der Waals surface area contributed by atoms with Gasteiger partial charge in [0, 0.05) is 5.92 Å². The zero-order chi connectivity index (χ0) is 18.5. The molecule has 0 saturated carbocycles. The van der Waals surface area contributed by atoms with Crippen LogP contribution in [-0.2, 0) is 20.7 Å². The maximum Gasteiger partial charge on any atom is 0.478 e. The molecule has 1 aliphatic heterocycles. The number of hydrogen-bond acceptors (Lipinski definition) is 5. The van der Waals surface area contributed by atoms with Crippen LogP contribution in [0.25, 0.3) is 0 Å². The molecule has 136 valence electrons. The molecule has 1 aromatic carbocycles. The van der Waals surface area contributed by atoms with E-state index in [1.165, 1.54) is 11.3 Å². The number of carbonyl (C=O) groups is 2. The molecular weight excluding hydrogens is 353 g/mol. The van der Waals surface area contributed by atoms with Gasteiger partial charge in [0.15, 0.2) is 0 Å². The number of thiophene rings is 1. The highest BCUT2D eigenvalue weighted by Crippen LogP contribution is 2.33. The SMILES string of the molecule is O=C(O)C[C@H]1OB(O)[C@@H](NC(=O)Cc2ccsc2)CC1c1ccccc1. The Bertz CT molecular complexity index is 739. The number of rotatable bonds is 6. The first-order chi connectivity index (χ1) is 12.5. The summed E-state index contributed by atoms with van der Waals surface area (Å²) in [7, 11) is -1.23. The Labute approximate surface area is 156 Å². The maximum absolute atomic E-state index is 12.3. The smallest absolute Gasteiger partial charge is 0.478 e. The fourth-order valence-corrected chi connectivity index (χ4v) is 3.96. The zero-order valence-electron chi connectivity index (χ0n) is 14.1. The lowest BCUT2D eigenvalue weighted by Crippen LogP contribution is -2.55. The number of benzene rings is 1. The minimum atomic E-state index is -1.23. The standard InChI is InChI=1S/C18H20BNO5S/c21-17(8-12-6-7-26-11-12)20-16-9-14(13-4-2-1-3-5-13)15(10-18(22)23)25-19(16)24/h1-7,11,14-16,24H,8-10H2,(H,20,21)(H,22,23)/t14?,15-,16+/m1/s1. The van der Waals surface area contributed by atoms with Gasteiger partial charge >= 0.3 is 13.1 Å². The maximum atomic E-state index is 12.3. The van der Waals surface area contributed by atoms with Crippen LogP contribution in [0.4, 0.5) is 0 Å². The molecule has 2 aromatic rings. The van der Waals surface area contributed by atoms with Crippen molar-refractivity contribution in [1.82, 2.24) is 5.32 Å². The molecule has 2 heterocycles. The lowest BCUT2D eigenvalue weighted by atomic mass is 9.67. The van der Waals surface area contributed by atoms with Crippen LogP contribution in [0.15, 0.2) is 47.2 Å². The first-order valence-electron chi connectivity index (χ1n) is 8.43. The van der Waals surface area contributed by atoms with Gasteiger partial charge in [-0.05, 0) is 34.4 Å². The number of amides is 1. The minimum Gasteiger partial charge on any atom is -0.481 e. The molecule has 3 rings (SSSR count). The van der Waals surface area contributed by atoms with E-state index in [0.29, 0.717) is 6.42 Å². The third kappa shape index (κ3) is 4.72. The van der Waals surface area contributed by atoms with Crippen molar-refractivity contribution in [3.63, 3.8) is 0 Å². The predicted octanol–water partition coefficient (Wildman–Crippen LogP) is 1.84. The van der Waals surface area contributed by atoms with Crippen LogP contribution in [0.1, 0.15) is 29.9 Å². The average Bonchev–Trinajstić information content (AvgIpc) is 3.10. The van der Waals surface area contributed by atoms with E-state index in [-0.39, 0.29) is 24.7 Å². The summed E-state index contributed by atoms with van der Waals surface area (Å²) in [6, 6.07) is 11.3. The molecular formula is C18H20BNO5S. The van der Waals surface area contributed by atoms with Gasteiger partial charge in [0.2, 0.25) is 5.91 Å². The molecule has 1 aromatic heterocycles. The van der Waals surface area contributed by atoms with Crippen molar-refractivity contribution in [3.8, 4) is 0 Å². The number of carboxylic acid groups (broad SMARTS) is 1. The Morgan fingerprint density at radius 1 is 1.27 bits per heavy atom. The molecule has 6 nitrogen and oxygen atoms in total. The topological polar surface area (TPSA) is 95.9 Å². The summed E-state index contributed by atoms with van der Waals surface area (Å²) in [6.07, 6.45) is -0.193. The van der Waals surface area contributed by atoms with Crippen molar-refractivity contribution in [2.45, 2.75) is 37.2 Å². The Morgan fingerprint density at radius 2 is 2.04 bits per heavy atom. The van der Waals surface area contributed by atoms with E-state index in [9.17, 15) is 14.6 Å². The summed E-state index contributed by atoms with van der Waals surface area (Å²) in [4.78, 5) is 23.4. The summed E-state index contributed by atoms with van der Waals surface area (Å²) in [5.74, 6) is -1.99. The van der Waals surface area contributed by atoms with E-state index in [0.717, 1.165) is 11.1 Å². The van der Waals surface area contributed by atoms with Gasteiger partial charge in [0.05, 0.1) is 24.9 Å². The van der Waals surface area contributed by atoms with Crippen LogP contribution >= 0.6 is 11.3 Å². The fraction of sp³-hybridized carbons (Fsp3) is 0.333. The van der Waals surface area contributed by atoms with Crippen molar-refractivity contribution in [2.24, 2.45) is 0 Å². The van der Waals surface area contributed by atoms with Crippen LogP contribution in [0.2, 0.25) is 0 Å². The van der Waals surface area contributed by atoms with Crippen LogP contribution in [0, 0.1) is 0 Å². The van der Waals surface area contributed by atoms with Gasteiger partial charge in [-0.1, -0.05) is 30.3 Å². The predicted molar refractivity (Wildman–Crippen MR) is 98.9 cm³/mol. The second-order valence-corrected chi connectivity index (χ2v) is 7.18. The number of carbonyl (C=O) groups excluding carboxylic acids is 1. The molecule has 26 heavy (non-hydrogen) atoms. The van der Waals surface area contributed by atoms with Crippen LogP contribution in [-0.4, -0.2) is 41.2 Å². The molecule has 0 radical (unpaired) electrons. The Morgan fingerprint density at radius 3 is 2.69 bits per heavy atom. The first kappa shape index (κ1) is 18.6. The molecule has 1 unspecified atom stereocenters. The molecule has 3 N–H and O–H groups in total. The second-order valence-electron chi connectivity index (χ2n) is 6.40. The summed E-state index contributed by atoms with van der Waals surface area (Å²) < 4.78 is 5.57. The van der Waals surface area contributed by atoms with Gasteiger partial charge in [-0.25, -0.2) is 0 Å². The summed E-state index contributed by atoms with van der Waals surface area (Å²) in [5, 5.41) is 26.0. The number of nitrogens with one attached hydrogen (secondary N) is 1. The second kappa shape index (κ2) is 8.48. The van der Waals surface area contributed by atoms with Crippen molar-refractivity contribution >= 4 is 30.3 Å². The molecule has 3 atom stereocenters. The highest BCUT2D eigenvalue weighted by Gasteiger charge is 2.42. The lowest BCUT2D eigenvalue weighted by molar-refractivity contribution is -0.139. The number of hydrogen-bond donors (Lipinski definition) is 3. The third-order valence-electron chi connectivity index (χ3n) is 4.51. The highest BCUT2D eigenvalue weighted by molar-refractivity contribution is 7.08. The average molecular weight is 373 g/mol. The molecule has 0 spiro atoms. The minimum absolute atomic E-state index is 0.195. The molecule has 1 aliphatic rings. The van der Waals surface area contributed by atoms with Crippen LogP contribution < -0.4 is 5.32 Å². The Kier molecular flexibility index (Phi) is 6.08. The molecule has 1 amide bonds. The van der Waals surface area contributed by atoms with E-state index in [4.69, 9.17) is 9.76 Å². The Hall–Kier alpha value is -2.16. The molecule has 1 saturated heterocycles.